The molecule has 1 aromatic rings. The van der Waals surface area contributed by atoms with Crippen LogP contribution in [0.2, 0.25) is 0 Å². The summed E-state index contributed by atoms with van der Waals surface area (Å²) in [6.45, 7) is 1.85. The highest BCUT2D eigenvalue weighted by molar-refractivity contribution is 5.32. The monoisotopic (exact) mass is 136 g/mol. The summed E-state index contributed by atoms with van der Waals surface area (Å²) in [7, 11) is 0. The van der Waals surface area contributed by atoms with E-state index >= 15 is 0 Å². The molecule has 3 heteroatoms. The van der Waals surface area contributed by atoms with Gasteiger partial charge in [-0.15, -0.1) is 0 Å². The van der Waals surface area contributed by atoms with Crippen LogP contribution in [0.5, 0.6) is 0 Å². The second-order valence-electron chi connectivity index (χ2n) is 2.06. The Morgan fingerprint density at radius 3 is 2.80 bits per heavy atom. The molecule has 0 saturated carbocycles. The summed E-state index contributed by atoms with van der Waals surface area (Å²) >= 11 is 0. The predicted molar refractivity (Wildman–Crippen MR) is 37.5 cm³/mol. The number of nitrogens with two attached hydrogens (primary N) is 1. The lowest BCUT2D eigenvalue weighted by atomic mass is 10.2. The molecular weight excluding hydrogens is 128 g/mol. The third-order valence-corrected chi connectivity index (χ3v) is 1.18. The molecule has 0 fully saturated rings. The molecule has 1 aromatic carbocycles. The fourth-order valence-electron chi connectivity index (χ4n) is 0.707. The van der Waals surface area contributed by atoms with Gasteiger partial charge in [0.15, 0.2) is 4.87 Å². The Balaban J connectivity index is 3.07. The summed E-state index contributed by atoms with van der Waals surface area (Å²) in [5.41, 5.74) is 1.36. The standard InChI is InChI=1S/C7H8N2O/c1-6-3-2-4-7(5-6)9(8)10/h2,4-5H,1H3,(H2,8,10)/q+1. The molecule has 3 nitrogen and oxygen atoms in total. The zero-order valence-electron chi connectivity index (χ0n) is 5.66. The number of nitroso groups, excluding NO2 is 1. The molecule has 0 spiro atoms. The number of aryl methyl sites for hydroxylation is 1. The van der Waals surface area contributed by atoms with Gasteiger partial charge in [0.05, 0.1) is 4.91 Å². The van der Waals surface area contributed by atoms with E-state index in [-0.39, 0.29) is 0 Å². The molecule has 2 N–H and O–H groups in total. The fourth-order valence-corrected chi connectivity index (χ4v) is 0.707. The van der Waals surface area contributed by atoms with Gasteiger partial charge in [0, 0.05) is 12.1 Å². The van der Waals surface area contributed by atoms with Crippen LogP contribution >= 0.6 is 0 Å². The maximum atomic E-state index is 10.5. The number of hydrazine groups is 1. The highest BCUT2D eigenvalue weighted by Crippen LogP contribution is 2.09. The molecule has 0 amide bonds. The highest BCUT2D eigenvalue weighted by atomic mass is 16.3. The number of nitrogens with zero attached hydrogens (tertiary/aromatic N) is 1. The van der Waals surface area contributed by atoms with Gasteiger partial charge in [-0.1, -0.05) is 0 Å². The quantitative estimate of drug-likeness (QED) is 0.356. The molecule has 0 saturated heterocycles. The average molecular weight is 136 g/mol. The minimum atomic E-state index is 0.334. The number of hydrogen-bond donors (Lipinski definition) is 1. The largest absolute Gasteiger partial charge is 0.291 e. The summed E-state index contributed by atoms with van der Waals surface area (Å²) < 4.78 is 0. The van der Waals surface area contributed by atoms with Crippen molar-refractivity contribution >= 4 is 5.69 Å². The van der Waals surface area contributed by atoms with Crippen LogP contribution in [0, 0.1) is 17.9 Å². The van der Waals surface area contributed by atoms with Gasteiger partial charge >= 0.3 is 0 Å². The van der Waals surface area contributed by atoms with Crippen LogP contribution in [-0.4, -0.2) is 4.87 Å². The van der Waals surface area contributed by atoms with E-state index in [4.69, 9.17) is 5.84 Å². The van der Waals surface area contributed by atoms with Crippen LogP contribution in [-0.2, 0) is 0 Å². The van der Waals surface area contributed by atoms with Crippen LogP contribution < -0.4 is 5.84 Å². The van der Waals surface area contributed by atoms with Gasteiger partial charge in [-0.3, -0.25) is 0 Å². The van der Waals surface area contributed by atoms with Gasteiger partial charge in [0.1, 0.15) is 0 Å². The van der Waals surface area contributed by atoms with Crippen molar-refractivity contribution in [1.29, 1.82) is 0 Å². The Bertz CT molecular complexity index is 258. The molecule has 10 heavy (non-hydrogen) atoms. The van der Waals surface area contributed by atoms with E-state index in [0.717, 1.165) is 5.56 Å². The first kappa shape index (κ1) is 6.74. The number of hydrogen-bond acceptors (Lipinski definition) is 1. The van der Waals surface area contributed by atoms with Crippen molar-refractivity contribution in [1.82, 2.24) is 0 Å². The normalized spacial score (nSPS) is 9.30. The molecule has 0 aliphatic heterocycles. The van der Waals surface area contributed by atoms with E-state index in [0.29, 0.717) is 10.6 Å². The smallest absolute Gasteiger partial charge is 0.159 e. The van der Waals surface area contributed by atoms with Crippen molar-refractivity contribution < 1.29 is 4.87 Å². The maximum Gasteiger partial charge on any atom is 0.291 e. The summed E-state index contributed by atoms with van der Waals surface area (Å²) in [6.07, 6.45) is 0. The van der Waals surface area contributed by atoms with Crippen LogP contribution in [0.3, 0.4) is 0 Å². The zero-order valence-corrected chi connectivity index (χ0v) is 5.66. The summed E-state index contributed by atoms with van der Waals surface area (Å²) in [6, 6.07) is 7.86. The third kappa shape index (κ3) is 1.31. The average Bonchev–Trinajstić information content (AvgIpc) is 1.88. The lowest BCUT2D eigenvalue weighted by Gasteiger charge is -1.86. The molecule has 0 bridgehead atoms. The molecule has 0 aliphatic rings. The third-order valence-electron chi connectivity index (χ3n) is 1.18. The maximum absolute atomic E-state index is 10.5. The first-order valence-corrected chi connectivity index (χ1v) is 2.90. The Hall–Kier alpha value is -1.38. The highest BCUT2D eigenvalue weighted by Gasteiger charge is 2.05. The van der Waals surface area contributed by atoms with Gasteiger partial charge < -0.3 is 0 Å². The van der Waals surface area contributed by atoms with Crippen molar-refractivity contribution in [3.63, 3.8) is 0 Å². The van der Waals surface area contributed by atoms with Crippen molar-refractivity contribution in [3.05, 3.63) is 34.7 Å². The van der Waals surface area contributed by atoms with E-state index in [1.807, 2.05) is 6.92 Å². The topological polar surface area (TPSA) is 46.1 Å². The lowest BCUT2D eigenvalue weighted by molar-refractivity contribution is -0.474. The second kappa shape index (κ2) is 2.47. The molecule has 0 aromatic heterocycles. The van der Waals surface area contributed by atoms with Crippen molar-refractivity contribution in [2.45, 2.75) is 6.92 Å². The molecular formula is C7H8N2O+. The zero-order chi connectivity index (χ0) is 7.56. The minimum Gasteiger partial charge on any atom is -0.159 e. The second-order valence-corrected chi connectivity index (χ2v) is 2.06. The Morgan fingerprint density at radius 2 is 2.40 bits per heavy atom. The van der Waals surface area contributed by atoms with Gasteiger partial charge in [0.2, 0.25) is 0 Å². The molecule has 0 heterocycles. The van der Waals surface area contributed by atoms with Crippen LogP contribution in [0.15, 0.2) is 18.2 Å². The van der Waals surface area contributed by atoms with Gasteiger partial charge in [-0.25, -0.2) is 0 Å². The molecule has 0 atom stereocenters. The van der Waals surface area contributed by atoms with Crippen molar-refractivity contribution in [2.75, 3.05) is 0 Å². The predicted octanol–water partition coefficient (Wildman–Crippen LogP) is 1.08. The van der Waals surface area contributed by atoms with E-state index in [2.05, 4.69) is 6.07 Å². The van der Waals surface area contributed by atoms with E-state index in [1.165, 1.54) is 0 Å². The Kier molecular flexibility index (Phi) is 1.67. The van der Waals surface area contributed by atoms with Gasteiger partial charge in [0.25, 0.3) is 5.69 Å². The fraction of sp³-hybridized carbons (Fsp3) is 0.143. The molecule has 0 unspecified atom stereocenters. The van der Waals surface area contributed by atoms with Crippen molar-refractivity contribution in [3.8, 4) is 0 Å². The van der Waals surface area contributed by atoms with E-state index in [9.17, 15) is 4.91 Å². The molecule has 51 valence electrons. The first-order valence-electron chi connectivity index (χ1n) is 2.90. The minimum absolute atomic E-state index is 0.334. The number of rotatable bonds is 1. The van der Waals surface area contributed by atoms with Crippen LogP contribution in [0.4, 0.5) is 5.69 Å². The first-order chi connectivity index (χ1) is 4.70. The molecule has 1 rings (SSSR count). The van der Waals surface area contributed by atoms with Crippen molar-refractivity contribution in [2.24, 2.45) is 5.84 Å². The lowest BCUT2D eigenvalue weighted by Crippen LogP contribution is -2.08. The molecule has 1 radical (unpaired) electrons. The summed E-state index contributed by atoms with van der Waals surface area (Å²) in [5, 5.41) is 0. The summed E-state index contributed by atoms with van der Waals surface area (Å²) in [5.74, 6) is 4.95. The van der Waals surface area contributed by atoms with Crippen LogP contribution in [0.25, 0.3) is 0 Å². The van der Waals surface area contributed by atoms with Gasteiger partial charge in [-0.05, 0) is 24.6 Å². The van der Waals surface area contributed by atoms with Crippen LogP contribution in [0.1, 0.15) is 5.56 Å². The van der Waals surface area contributed by atoms with E-state index < -0.39 is 0 Å². The van der Waals surface area contributed by atoms with Gasteiger partial charge in [-0.2, -0.15) is 5.84 Å². The Morgan fingerprint density at radius 1 is 1.70 bits per heavy atom. The molecule has 0 aliphatic carbocycles. The number of benzene rings is 1. The Labute approximate surface area is 59.0 Å². The SMILES string of the molecule is Cc1[c]ccc([N+](N)=O)c1. The van der Waals surface area contributed by atoms with E-state index in [1.54, 1.807) is 18.2 Å². The summed E-state index contributed by atoms with van der Waals surface area (Å²) in [4.78, 5) is 10.8.